The Hall–Kier alpha value is -6.83. The standard InChI is InChI=1S/C63H70IN9O6/c1-37(2)63(34-56(63)69-62(76)78-7)60(74)71-28-12-18-52(71)57-65-36-50(68-57)45-24-26-48-54-32-47-31-44(49-35-66-58(67-49)53-19-13-29-72(53)61(75)64(38(3)4)70-39(5)77-6)25-27-51(47)73(54)59(79-55(48)33-45)46-17-11-16-43(30-46)42-22-20-41(21-23-42)40-14-9-8-10-15-40/h8-11,14-17,20-27,30-33,35-39,52-53,56,59,61,70,75H,12-13,18-19,28-29,34H2,1-7H3,(H,65,68)(H,66,67)(H,69,76)/t39-,52+,53+,56?,59?,61?,63?/m1/s1. The molecule has 6 heterocycles. The number of nitrogens with zero attached hydrogens (tertiary/aromatic N) is 5. The Balaban J connectivity index is 0.870. The van der Waals surface area contributed by atoms with Gasteiger partial charge in [0.2, 0.25) is 5.91 Å². The Bertz CT molecular complexity index is 3520. The van der Waals surface area contributed by atoms with E-state index in [1.807, 2.05) is 30.3 Å². The summed E-state index contributed by atoms with van der Waals surface area (Å²) in [6, 6.07) is 42.5. The number of imidazole rings is 2. The molecule has 8 aromatic rings. The van der Waals surface area contributed by atoms with E-state index in [0.29, 0.717) is 16.9 Å². The van der Waals surface area contributed by atoms with Crippen molar-refractivity contribution in [2.24, 2.45) is 11.3 Å². The molecule has 5 N–H and O–H groups in total. The van der Waals surface area contributed by atoms with Gasteiger partial charge in [-0.05, 0) is 65.6 Å². The molecule has 2 saturated heterocycles. The summed E-state index contributed by atoms with van der Waals surface area (Å²) in [5, 5.41) is 15.8. The van der Waals surface area contributed by atoms with E-state index in [0.717, 1.165) is 111 Å². The number of halogens is 1. The Morgan fingerprint density at radius 3 is 2.10 bits per heavy atom. The van der Waals surface area contributed by atoms with Crippen LogP contribution in [0.4, 0.5) is 4.79 Å². The Morgan fingerprint density at radius 2 is 1.39 bits per heavy atom. The van der Waals surface area contributed by atoms with Crippen LogP contribution in [0, 0.1) is 11.3 Å². The van der Waals surface area contributed by atoms with E-state index >= 15 is 0 Å². The van der Waals surface area contributed by atoms with Crippen molar-refractivity contribution in [2.45, 2.75) is 105 Å². The fourth-order valence-electron chi connectivity index (χ4n) is 12.4. The molecule has 1 aliphatic carbocycles. The van der Waals surface area contributed by atoms with Crippen molar-refractivity contribution in [2.75, 3.05) is 27.3 Å². The summed E-state index contributed by atoms with van der Waals surface area (Å²) in [4.78, 5) is 48.1. The summed E-state index contributed by atoms with van der Waals surface area (Å²) in [5.74, 6) is 2.44. The van der Waals surface area contributed by atoms with Crippen LogP contribution in [0.5, 0.6) is 5.75 Å². The first-order valence-corrected chi connectivity index (χ1v) is 31.3. The number of hydrogen-bond acceptors (Lipinski definition) is 10. The molecule has 79 heavy (non-hydrogen) atoms. The fraction of sp³-hybridized carbons (Fsp3) is 0.365. The number of nitrogens with one attached hydrogen (secondary N) is 4. The minimum atomic E-state index is -2.09. The first-order chi connectivity index (χ1) is 38.3. The summed E-state index contributed by atoms with van der Waals surface area (Å²) in [7, 11) is 3.05. The number of rotatable bonds is 16. The number of likely N-dealkylation sites (tertiary alicyclic amines) is 2. The maximum Gasteiger partial charge on any atom is -0.0305 e. The number of carbonyl (C=O) groups excluding carboxylic acids is 2. The molecule has 4 aliphatic rings. The normalized spacial score (nSPS) is 21.7. The number of aliphatic hydroxyl groups is 1. The van der Waals surface area contributed by atoms with E-state index in [1.165, 1.54) is 18.2 Å². The second kappa shape index (κ2) is 21.7. The van der Waals surface area contributed by atoms with Crippen molar-refractivity contribution < 1.29 is 28.9 Å². The molecule has 0 bridgehead atoms. The van der Waals surface area contributed by atoms with E-state index in [2.05, 4.69) is 171 Å². The summed E-state index contributed by atoms with van der Waals surface area (Å²) in [6.45, 7) is 11.9. The van der Waals surface area contributed by atoms with Gasteiger partial charge in [-0.3, -0.25) is 4.79 Å². The molecular weight excluding hydrogens is 1110 g/mol. The van der Waals surface area contributed by atoms with E-state index in [-0.39, 0.29) is 36.2 Å². The van der Waals surface area contributed by atoms with Gasteiger partial charge in [-0.15, -0.1) is 0 Å². The third-order valence-electron chi connectivity index (χ3n) is 16.8. The monoisotopic (exact) mass is 1180 g/mol. The second-order valence-electron chi connectivity index (χ2n) is 22.1. The molecule has 16 heteroatoms. The zero-order chi connectivity index (χ0) is 54.7. The summed E-state index contributed by atoms with van der Waals surface area (Å²) >= 11 is -2.09. The van der Waals surface area contributed by atoms with E-state index in [1.54, 1.807) is 7.11 Å². The fourth-order valence-corrected chi connectivity index (χ4v) is 17.4. The van der Waals surface area contributed by atoms with Crippen LogP contribution in [0.2, 0.25) is 0 Å². The second-order valence-corrected chi connectivity index (χ2v) is 28.3. The zero-order valence-corrected chi connectivity index (χ0v) is 48.0. The molecule has 410 valence electrons. The van der Waals surface area contributed by atoms with E-state index in [9.17, 15) is 14.7 Å². The molecule has 3 aliphatic heterocycles. The van der Waals surface area contributed by atoms with Crippen molar-refractivity contribution in [3.63, 3.8) is 0 Å². The van der Waals surface area contributed by atoms with Crippen LogP contribution in [-0.2, 0) is 14.3 Å². The van der Waals surface area contributed by atoms with Crippen molar-refractivity contribution in [3.8, 4) is 61.8 Å². The number of carbonyl (C=O) groups is 2. The first-order valence-electron chi connectivity index (χ1n) is 27.7. The summed E-state index contributed by atoms with van der Waals surface area (Å²) < 4.78 is 23.4. The third-order valence-corrected chi connectivity index (χ3v) is 23.0. The maximum atomic E-state index is 14.5. The maximum absolute atomic E-state index is 14.5. The Morgan fingerprint density at radius 1 is 0.747 bits per heavy atom. The number of H-pyrrole nitrogens is 2. The van der Waals surface area contributed by atoms with Gasteiger partial charge in [0, 0.05) is 23.7 Å². The number of benzene rings is 5. The molecule has 3 fully saturated rings. The molecule has 7 atom stereocenters. The minimum absolute atomic E-state index is 0.0184. The minimum Gasteiger partial charge on any atom is -0.340 e. The van der Waals surface area contributed by atoms with E-state index < -0.39 is 42.1 Å². The van der Waals surface area contributed by atoms with Crippen LogP contribution in [0.3, 0.4) is 0 Å². The predicted molar refractivity (Wildman–Crippen MR) is 317 cm³/mol. The molecule has 15 nitrogen and oxygen atoms in total. The number of aromatic amines is 2. The number of methoxy groups -OCH3 is 2. The largest absolute Gasteiger partial charge is 0.340 e. The molecule has 3 aromatic heterocycles. The van der Waals surface area contributed by atoms with Crippen molar-refractivity contribution in [1.29, 1.82) is 0 Å². The number of alkyl halides is 2. The van der Waals surface area contributed by atoms with Gasteiger partial charge in [0.25, 0.3) is 0 Å². The predicted octanol–water partition coefficient (Wildman–Crippen LogP) is 12.6. The smallest absolute Gasteiger partial charge is 0.0305 e. The number of ether oxygens (including phenoxy) is 3. The van der Waals surface area contributed by atoms with Crippen LogP contribution in [0.25, 0.3) is 66.9 Å². The number of amides is 2. The third kappa shape index (κ3) is 9.82. The molecule has 12 rings (SSSR count). The van der Waals surface area contributed by atoms with Crippen molar-refractivity contribution >= 4 is 43.0 Å². The van der Waals surface area contributed by atoms with Gasteiger partial charge in [-0.1, -0.05) is 92.7 Å². The topological polar surface area (TPSA) is 175 Å². The quantitative estimate of drug-likeness (QED) is 0.0206. The molecule has 0 spiro atoms. The van der Waals surface area contributed by atoms with Gasteiger partial charge >= 0.3 is 203 Å². The zero-order valence-electron chi connectivity index (χ0n) is 45.9. The first kappa shape index (κ1) is 52.8. The van der Waals surface area contributed by atoms with Crippen molar-refractivity contribution in [3.05, 3.63) is 151 Å². The Kier molecular flexibility index (Phi) is 14.5. The van der Waals surface area contributed by atoms with Gasteiger partial charge in [0.15, 0.2) is 0 Å². The van der Waals surface area contributed by atoms with Gasteiger partial charge in [-0.25, -0.2) is 9.78 Å². The number of hydrogen-bond donors (Lipinski definition) is 5. The molecule has 4 unspecified atom stereocenters. The number of aliphatic hydroxyl groups excluding tert-OH is 1. The molecule has 5 aromatic carbocycles. The van der Waals surface area contributed by atoms with Crippen LogP contribution in [0.1, 0.15) is 102 Å². The summed E-state index contributed by atoms with van der Waals surface area (Å²) in [5.41, 5.74) is 11.6. The van der Waals surface area contributed by atoms with Crippen molar-refractivity contribution in [1.82, 2.24) is 43.1 Å². The number of alkyl carbamates (subject to hydrolysis) is 1. The molecular formula is C63H70IN9O6. The molecule has 1 saturated carbocycles. The van der Waals surface area contributed by atoms with Gasteiger partial charge in [0.1, 0.15) is 11.6 Å². The van der Waals surface area contributed by atoms with Crippen LogP contribution in [0.15, 0.2) is 134 Å². The summed E-state index contributed by atoms with van der Waals surface area (Å²) in [6.07, 6.45) is 6.78. The SMILES string of the molecule is COC(=O)NC1CC1(C(=O)N1CCC[C@H]1c1ncc(-c2ccc3c(c2)OC(c2cccc(-c4ccc(-c5ccccc5)cc4)c2)n2c-3cc3cc(-c4cnc([C@@H]5CCCN5C(O)I(N[C@@H](C)OC)C(C)C)[nH]4)ccc32)[nH]1)C(C)C. The number of aromatic nitrogens is 5. The molecule has 0 radical (unpaired) electrons. The number of fused-ring (bicyclic) bond motifs is 5. The average Bonchev–Trinajstić information content (AvgIpc) is 4.16. The molecule has 2 amide bonds. The van der Waals surface area contributed by atoms with Gasteiger partial charge in [-0.2, -0.15) is 0 Å². The Labute approximate surface area is 469 Å². The van der Waals surface area contributed by atoms with Gasteiger partial charge < -0.3 is 24.7 Å². The van der Waals surface area contributed by atoms with Crippen LogP contribution >= 0.6 is 20.1 Å². The van der Waals surface area contributed by atoms with Crippen LogP contribution in [-0.4, -0.2) is 99.1 Å². The average molecular weight is 1180 g/mol. The van der Waals surface area contributed by atoms with Gasteiger partial charge in [0.05, 0.1) is 30.5 Å². The van der Waals surface area contributed by atoms with Crippen LogP contribution < -0.4 is 13.6 Å². The van der Waals surface area contributed by atoms with E-state index in [4.69, 9.17) is 24.2 Å².